The van der Waals surface area contributed by atoms with E-state index in [0.29, 0.717) is 25.8 Å². The molecular formula is C13H20N4O3. The van der Waals surface area contributed by atoms with Crippen LogP contribution in [0.5, 0.6) is 0 Å². The minimum atomic E-state index is -0.724. The Morgan fingerprint density at radius 2 is 2.10 bits per heavy atom. The van der Waals surface area contributed by atoms with Crippen molar-refractivity contribution in [1.29, 1.82) is 0 Å². The van der Waals surface area contributed by atoms with Crippen molar-refractivity contribution in [3.8, 4) is 0 Å². The van der Waals surface area contributed by atoms with Crippen molar-refractivity contribution < 1.29 is 14.4 Å². The summed E-state index contributed by atoms with van der Waals surface area (Å²) in [5.41, 5.74) is 7.87. The lowest BCUT2D eigenvalue weighted by atomic mass is 9.80. The maximum absolute atomic E-state index is 12.3. The molecule has 1 aliphatic heterocycles. The molecule has 0 aromatic heterocycles. The van der Waals surface area contributed by atoms with Crippen molar-refractivity contribution in [1.82, 2.24) is 10.3 Å². The Morgan fingerprint density at radius 1 is 1.40 bits per heavy atom. The van der Waals surface area contributed by atoms with E-state index in [1.807, 2.05) is 6.92 Å². The number of primary amides is 1. The van der Waals surface area contributed by atoms with Gasteiger partial charge in [-0.15, -0.1) is 0 Å². The number of likely N-dealkylation sites (tertiary alicyclic amines) is 1. The maximum Gasteiger partial charge on any atom is 0.332 e. The second kappa shape index (κ2) is 6.02. The molecule has 7 nitrogen and oxygen atoms in total. The van der Waals surface area contributed by atoms with Gasteiger partial charge >= 0.3 is 6.03 Å². The third-order valence-corrected chi connectivity index (χ3v) is 3.91. The molecule has 2 atom stereocenters. The molecule has 1 heterocycles. The van der Waals surface area contributed by atoms with Crippen molar-refractivity contribution in [2.24, 2.45) is 22.7 Å². The Labute approximate surface area is 117 Å². The van der Waals surface area contributed by atoms with Gasteiger partial charge in [0.25, 0.3) is 0 Å². The van der Waals surface area contributed by atoms with Crippen LogP contribution in [0.1, 0.15) is 39.0 Å². The van der Waals surface area contributed by atoms with E-state index in [4.69, 9.17) is 5.73 Å². The van der Waals surface area contributed by atoms with E-state index in [9.17, 15) is 14.4 Å². The minimum absolute atomic E-state index is 0.0460. The monoisotopic (exact) mass is 280 g/mol. The molecule has 1 saturated heterocycles. The molecule has 110 valence electrons. The van der Waals surface area contributed by atoms with Crippen LogP contribution in [-0.2, 0) is 9.59 Å². The van der Waals surface area contributed by atoms with Gasteiger partial charge in [0, 0.05) is 12.3 Å². The number of nitrogens with zero attached hydrogens (tertiary/aromatic N) is 2. The van der Waals surface area contributed by atoms with Crippen molar-refractivity contribution in [3.63, 3.8) is 0 Å². The Bertz CT molecular complexity index is 461. The molecule has 0 bridgehead atoms. The van der Waals surface area contributed by atoms with E-state index in [2.05, 4.69) is 10.5 Å². The molecule has 7 heteroatoms. The number of carbonyl (C=O) groups excluding carboxylic acids is 3. The van der Waals surface area contributed by atoms with Gasteiger partial charge in [-0.05, 0) is 25.7 Å². The molecule has 3 N–H and O–H groups in total. The first-order chi connectivity index (χ1) is 9.54. The summed E-state index contributed by atoms with van der Waals surface area (Å²) in [6.45, 7) is 2.53. The van der Waals surface area contributed by atoms with E-state index in [1.54, 1.807) is 0 Å². The standard InChI is InChI=1S/C13H20N4O3/c1-2-3-6-17-11(18)9-5-4-8(15-16-13(14)20)7-10(9)12(17)19/h9-10H,2-7H2,1H3,(H3,14,16,20)/b15-8-. The molecule has 2 unspecified atom stereocenters. The lowest BCUT2D eigenvalue weighted by Gasteiger charge is -2.21. The molecule has 0 aromatic rings. The quantitative estimate of drug-likeness (QED) is 0.581. The molecule has 20 heavy (non-hydrogen) atoms. The van der Waals surface area contributed by atoms with Crippen LogP contribution in [0.2, 0.25) is 0 Å². The number of fused-ring (bicyclic) bond motifs is 1. The average molecular weight is 280 g/mol. The zero-order valence-electron chi connectivity index (χ0n) is 11.6. The largest absolute Gasteiger partial charge is 0.350 e. The summed E-state index contributed by atoms with van der Waals surface area (Å²) in [6.07, 6.45) is 3.43. The molecule has 2 rings (SSSR count). The summed E-state index contributed by atoms with van der Waals surface area (Å²) in [5.74, 6) is -0.677. The lowest BCUT2D eigenvalue weighted by molar-refractivity contribution is -0.139. The topological polar surface area (TPSA) is 105 Å². The first kappa shape index (κ1) is 14.5. The fourth-order valence-electron chi connectivity index (χ4n) is 2.86. The predicted molar refractivity (Wildman–Crippen MR) is 72.6 cm³/mol. The molecule has 2 fully saturated rings. The molecule has 0 spiro atoms. The Hall–Kier alpha value is -1.92. The van der Waals surface area contributed by atoms with Gasteiger partial charge in [0.15, 0.2) is 0 Å². The first-order valence-corrected chi connectivity index (χ1v) is 7.00. The van der Waals surface area contributed by atoms with E-state index < -0.39 is 6.03 Å². The zero-order valence-corrected chi connectivity index (χ0v) is 11.6. The van der Waals surface area contributed by atoms with Crippen LogP contribution in [-0.4, -0.2) is 35.0 Å². The molecule has 1 aliphatic carbocycles. The number of unbranched alkanes of at least 4 members (excludes halogenated alkanes) is 1. The van der Waals surface area contributed by atoms with Crippen LogP contribution in [0.4, 0.5) is 4.79 Å². The third kappa shape index (κ3) is 2.81. The van der Waals surface area contributed by atoms with Gasteiger partial charge in [0.2, 0.25) is 11.8 Å². The highest BCUT2D eigenvalue weighted by molar-refractivity contribution is 6.08. The van der Waals surface area contributed by atoms with Crippen LogP contribution in [0, 0.1) is 11.8 Å². The summed E-state index contributed by atoms with van der Waals surface area (Å²) in [7, 11) is 0. The Kier molecular flexibility index (Phi) is 4.36. The minimum Gasteiger partial charge on any atom is -0.350 e. The van der Waals surface area contributed by atoms with Gasteiger partial charge in [-0.1, -0.05) is 13.3 Å². The number of hydrogen-bond donors (Lipinski definition) is 2. The number of hydrazone groups is 1. The smallest absolute Gasteiger partial charge is 0.332 e. The number of imide groups is 1. The number of nitrogens with two attached hydrogens (primary N) is 1. The highest BCUT2D eigenvalue weighted by atomic mass is 16.2. The van der Waals surface area contributed by atoms with Crippen LogP contribution < -0.4 is 11.2 Å². The van der Waals surface area contributed by atoms with Crippen molar-refractivity contribution in [2.45, 2.75) is 39.0 Å². The molecule has 1 saturated carbocycles. The van der Waals surface area contributed by atoms with Gasteiger partial charge in [0.1, 0.15) is 0 Å². The van der Waals surface area contributed by atoms with Gasteiger partial charge in [0.05, 0.1) is 11.8 Å². The van der Waals surface area contributed by atoms with Crippen molar-refractivity contribution in [2.75, 3.05) is 6.54 Å². The predicted octanol–water partition coefficient (Wildman–Crippen LogP) is 0.596. The third-order valence-electron chi connectivity index (χ3n) is 3.91. The first-order valence-electron chi connectivity index (χ1n) is 7.00. The summed E-state index contributed by atoms with van der Waals surface area (Å²) in [4.78, 5) is 36.5. The fraction of sp³-hybridized carbons (Fsp3) is 0.692. The van der Waals surface area contributed by atoms with Crippen molar-refractivity contribution in [3.05, 3.63) is 0 Å². The van der Waals surface area contributed by atoms with Crippen LogP contribution in [0.3, 0.4) is 0 Å². The van der Waals surface area contributed by atoms with E-state index in [0.717, 1.165) is 18.6 Å². The Morgan fingerprint density at radius 3 is 2.75 bits per heavy atom. The SMILES string of the molecule is CCCCN1C(=O)C2CC/C(=N/NC(N)=O)CC2C1=O. The van der Waals surface area contributed by atoms with Gasteiger partial charge in [-0.2, -0.15) is 5.10 Å². The number of carbonyl (C=O) groups is 3. The molecule has 4 amide bonds. The second-order valence-corrected chi connectivity index (χ2v) is 5.29. The van der Waals surface area contributed by atoms with Crippen LogP contribution in [0.25, 0.3) is 0 Å². The average Bonchev–Trinajstić information content (AvgIpc) is 2.66. The number of urea groups is 1. The molecule has 0 radical (unpaired) electrons. The summed E-state index contributed by atoms with van der Waals surface area (Å²) in [5, 5.41) is 3.90. The zero-order chi connectivity index (χ0) is 14.7. The van der Waals surface area contributed by atoms with Gasteiger partial charge < -0.3 is 5.73 Å². The van der Waals surface area contributed by atoms with Gasteiger partial charge in [-0.25, -0.2) is 10.2 Å². The molecule has 0 aromatic carbocycles. The highest BCUT2D eigenvalue weighted by Crippen LogP contribution is 2.37. The van der Waals surface area contributed by atoms with Crippen LogP contribution >= 0.6 is 0 Å². The van der Waals surface area contributed by atoms with E-state index in [-0.39, 0.29) is 23.7 Å². The lowest BCUT2D eigenvalue weighted by Crippen LogP contribution is -2.32. The number of rotatable bonds is 4. The summed E-state index contributed by atoms with van der Waals surface area (Å²) >= 11 is 0. The van der Waals surface area contributed by atoms with E-state index in [1.165, 1.54) is 4.90 Å². The maximum atomic E-state index is 12.3. The van der Waals surface area contributed by atoms with E-state index >= 15 is 0 Å². The van der Waals surface area contributed by atoms with Crippen molar-refractivity contribution >= 4 is 23.6 Å². The molecular weight excluding hydrogens is 260 g/mol. The fourth-order valence-corrected chi connectivity index (χ4v) is 2.86. The van der Waals surface area contributed by atoms with Gasteiger partial charge in [-0.3, -0.25) is 14.5 Å². The Balaban J connectivity index is 2.05. The highest BCUT2D eigenvalue weighted by Gasteiger charge is 2.49. The summed E-state index contributed by atoms with van der Waals surface area (Å²) in [6, 6.07) is -0.724. The number of amides is 4. The van der Waals surface area contributed by atoms with Crippen LogP contribution in [0.15, 0.2) is 5.10 Å². The second-order valence-electron chi connectivity index (χ2n) is 5.29. The molecule has 2 aliphatic rings. The summed E-state index contributed by atoms with van der Waals surface area (Å²) < 4.78 is 0. The normalized spacial score (nSPS) is 27.9. The number of hydrogen-bond acceptors (Lipinski definition) is 4. The number of nitrogens with one attached hydrogen (secondary N) is 1.